The second kappa shape index (κ2) is 4.80. The highest BCUT2D eigenvalue weighted by atomic mass is 15.4. The Hall–Kier alpha value is -2.48. The number of rotatable bonds is 2. The first-order valence-electron chi connectivity index (χ1n) is 5.98. The zero-order valence-electron chi connectivity index (χ0n) is 9.93. The summed E-state index contributed by atoms with van der Waals surface area (Å²) in [7, 11) is 0. The first-order valence-corrected chi connectivity index (χ1v) is 5.98. The van der Waals surface area contributed by atoms with Crippen molar-refractivity contribution in [2.24, 2.45) is 0 Å². The first-order chi connectivity index (χ1) is 8.93. The van der Waals surface area contributed by atoms with E-state index in [9.17, 15) is 0 Å². The summed E-state index contributed by atoms with van der Waals surface area (Å²) in [6.45, 7) is 0. The number of nitrogens with one attached hydrogen (secondary N) is 2. The predicted molar refractivity (Wildman–Crippen MR) is 75.1 cm³/mol. The molecule has 0 unspecified atom stereocenters. The van der Waals surface area contributed by atoms with Crippen molar-refractivity contribution in [3.05, 3.63) is 84.1 Å². The zero-order valence-corrected chi connectivity index (χ0v) is 9.93. The number of hydrogen-bond acceptors (Lipinski definition) is 2. The molecule has 0 spiro atoms. The van der Waals surface area contributed by atoms with Gasteiger partial charge < -0.3 is 10.9 Å². The molecule has 1 aliphatic rings. The molecular weight excluding hydrogens is 220 g/mol. The summed E-state index contributed by atoms with van der Waals surface area (Å²) >= 11 is 0. The standard InChI is InChI=1S/C16H14N2/c1-3-7-13(8-4-1)15-11-16(18-17-12-15)14-9-5-2-6-10-14/h1-12,17-18H. The van der Waals surface area contributed by atoms with Gasteiger partial charge in [-0.2, -0.15) is 0 Å². The largest absolute Gasteiger partial charge is 0.308 e. The van der Waals surface area contributed by atoms with E-state index in [-0.39, 0.29) is 0 Å². The Morgan fingerprint density at radius 2 is 1.28 bits per heavy atom. The topological polar surface area (TPSA) is 24.1 Å². The lowest BCUT2D eigenvalue weighted by Gasteiger charge is -2.18. The number of benzene rings is 2. The number of allylic oxidation sites excluding steroid dienone is 2. The van der Waals surface area contributed by atoms with Crippen LogP contribution >= 0.6 is 0 Å². The van der Waals surface area contributed by atoms with E-state index in [4.69, 9.17) is 0 Å². The molecule has 1 aliphatic heterocycles. The summed E-state index contributed by atoms with van der Waals surface area (Å²) in [4.78, 5) is 0. The van der Waals surface area contributed by atoms with Gasteiger partial charge in [0.25, 0.3) is 0 Å². The van der Waals surface area contributed by atoms with Crippen molar-refractivity contribution in [3.63, 3.8) is 0 Å². The summed E-state index contributed by atoms with van der Waals surface area (Å²) in [5.74, 6) is 0. The van der Waals surface area contributed by atoms with Crippen molar-refractivity contribution in [2.75, 3.05) is 0 Å². The Labute approximate surface area is 107 Å². The quantitative estimate of drug-likeness (QED) is 0.834. The summed E-state index contributed by atoms with van der Waals surface area (Å²) < 4.78 is 0. The molecule has 2 aromatic rings. The van der Waals surface area contributed by atoms with Gasteiger partial charge in [0.2, 0.25) is 0 Å². The highest BCUT2D eigenvalue weighted by Gasteiger charge is 2.07. The van der Waals surface area contributed by atoms with Crippen molar-refractivity contribution in [1.29, 1.82) is 0 Å². The minimum atomic E-state index is 1.08. The Morgan fingerprint density at radius 3 is 1.94 bits per heavy atom. The molecule has 1 heterocycles. The van der Waals surface area contributed by atoms with E-state index >= 15 is 0 Å². The van der Waals surface area contributed by atoms with Crippen LogP contribution in [0.5, 0.6) is 0 Å². The molecule has 0 atom stereocenters. The molecule has 3 rings (SSSR count). The van der Waals surface area contributed by atoms with Gasteiger partial charge in [-0.05, 0) is 17.2 Å². The zero-order chi connectivity index (χ0) is 12.2. The Morgan fingerprint density at radius 1 is 0.667 bits per heavy atom. The molecule has 2 aromatic carbocycles. The lowest BCUT2D eigenvalue weighted by molar-refractivity contribution is 0.790. The minimum absolute atomic E-state index is 1.08. The number of hydrazine groups is 1. The summed E-state index contributed by atoms with van der Waals surface area (Å²) in [6, 6.07) is 20.6. The van der Waals surface area contributed by atoms with E-state index in [2.05, 4.69) is 41.2 Å². The molecule has 2 nitrogen and oxygen atoms in total. The molecule has 88 valence electrons. The Balaban J connectivity index is 1.95. The molecule has 0 saturated carbocycles. The molecule has 0 fully saturated rings. The Kier molecular flexibility index (Phi) is 2.84. The van der Waals surface area contributed by atoms with E-state index in [0.29, 0.717) is 0 Å². The van der Waals surface area contributed by atoms with Gasteiger partial charge >= 0.3 is 0 Å². The van der Waals surface area contributed by atoms with Crippen LogP contribution in [0.3, 0.4) is 0 Å². The Bertz CT molecular complexity index is 583. The van der Waals surface area contributed by atoms with Crippen LogP contribution in [0.1, 0.15) is 11.1 Å². The third kappa shape index (κ3) is 2.13. The normalized spacial score (nSPS) is 14.0. The van der Waals surface area contributed by atoms with Gasteiger partial charge in [-0.25, -0.2) is 0 Å². The van der Waals surface area contributed by atoms with Gasteiger partial charge in [0, 0.05) is 11.8 Å². The van der Waals surface area contributed by atoms with E-state index in [0.717, 1.165) is 5.70 Å². The molecule has 0 bridgehead atoms. The lowest BCUT2D eigenvalue weighted by atomic mass is 10.0. The minimum Gasteiger partial charge on any atom is -0.308 e. The third-order valence-corrected chi connectivity index (χ3v) is 2.93. The van der Waals surface area contributed by atoms with Crippen LogP contribution in [0, 0.1) is 0 Å². The van der Waals surface area contributed by atoms with Gasteiger partial charge in [-0.15, -0.1) is 0 Å². The van der Waals surface area contributed by atoms with E-state index in [1.54, 1.807) is 0 Å². The highest BCUT2D eigenvalue weighted by molar-refractivity contribution is 5.84. The van der Waals surface area contributed by atoms with Gasteiger partial charge in [-0.1, -0.05) is 60.7 Å². The fourth-order valence-corrected chi connectivity index (χ4v) is 2.00. The van der Waals surface area contributed by atoms with E-state index in [1.807, 2.05) is 42.6 Å². The first kappa shape index (κ1) is 10.7. The molecule has 18 heavy (non-hydrogen) atoms. The van der Waals surface area contributed by atoms with Crippen LogP contribution in [0.15, 0.2) is 72.9 Å². The number of hydrogen-bond donors (Lipinski definition) is 2. The maximum Gasteiger partial charge on any atom is 0.0618 e. The lowest BCUT2D eigenvalue weighted by Crippen LogP contribution is -2.28. The molecule has 0 aliphatic carbocycles. The second-order valence-electron chi connectivity index (χ2n) is 4.16. The molecule has 2 N–H and O–H groups in total. The van der Waals surface area contributed by atoms with Crippen LogP contribution in [-0.2, 0) is 0 Å². The molecule has 0 radical (unpaired) electrons. The van der Waals surface area contributed by atoms with Gasteiger partial charge in [0.15, 0.2) is 0 Å². The maximum atomic E-state index is 3.17. The van der Waals surface area contributed by atoms with Gasteiger partial charge in [-0.3, -0.25) is 0 Å². The molecule has 2 heteroatoms. The van der Waals surface area contributed by atoms with Gasteiger partial charge in [0.05, 0.1) is 5.70 Å². The van der Waals surface area contributed by atoms with Crippen molar-refractivity contribution in [3.8, 4) is 0 Å². The van der Waals surface area contributed by atoms with Crippen molar-refractivity contribution in [2.45, 2.75) is 0 Å². The highest BCUT2D eigenvalue weighted by Crippen LogP contribution is 2.22. The van der Waals surface area contributed by atoms with Crippen LogP contribution in [0.4, 0.5) is 0 Å². The molecule has 0 amide bonds. The predicted octanol–water partition coefficient (Wildman–Crippen LogP) is 3.18. The fraction of sp³-hybridized carbons (Fsp3) is 0. The average Bonchev–Trinajstić information content (AvgIpc) is 2.49. The van der Waals surface area contributed by atoms with E-state index in [1.165, 1.54) is 16.7 Å². The van der Waals surface area contributed by atoms with Crippen LogP contribution in [-0.4, -0.2) is 0 Å². The average molecular weight is 234 g/mol. The van der Waals surface area contributed by atoms with Crippen molar-refractivity contribution in [1.82, 2.24) is 10.9 Å². The molecular formula is C16H14N2. The fourth-order valence-electron chi connectivity index (χ4n) is 2.00. The van der Waals surface area contributed by atoms with Crippen molar-refractivity contribution < 1.29 is 0 Å². The smallest absolute Gasteiger partial charge is 0.0618 e. The molecule has 0 aromatic heterocycles. The van der Waals surface area contributed by atoms with Crippen molar-refractivity contribution >= 4 is 11.3 Å². The SMILES string of the molecule is C1=C(c2ccccc2)C=C(c2ccccc2)NN1. The summed E-state index contributed by atoms with van der Waals surface area (Å²) in [5, 5.41) is 0. The van der Waals surface area contributed by atoms with E-state index < -0.39 is 0 Å². The third-order valence-electron chi connectivity index (χ3n) is 2.93. The maximum absolute atomic E-state index is 3.17. The monoisotopic (exact) mass is 234 g/mol. The van der Waals surface area contributed by atoms with Crippen LogP contribution in [0.25, 0.3) is 11.3 Å². The molecule has 0 saturated heterocycles. The second-order valence-corrected chi connectivity index (χ2v) is 4.16. The van der Waals surface area contributed by atoms with Crippen LogP contribution in [0.2, 0.25) is 0 Å². The van der Waals surface area contributed by atoms with Crippen LogP contribution < -0.4 is 10.9 Å². The summed E-state index contributed by atoms with van der Waals surface area (Å²) in [6.07, 6.45) is 4.13. The van der Waals surface area contributed by atoms with Gasteiger partial charge in [0.1, 0.15) is 0 Å². The summed E-state index contributed by atoms with van der Waals surface area (Å²) in [5.41, 5.74) is 10.9.